The van der Waals surface area contributed by atoms with E-state index in [1.807, 2.05) is 0 Å². The highest BCUT2D eigenvalue weighted by molar-refractivity contribution is 5.82. The Labute approximate surface area is 93.5 Å². The van der Waals surface area contributed by atoms with Gasteiger partial charge in [0.15, 0.2) is 0 Å². The molecule has 1 saturated heterocycles. The van der Waals surface area contributed by atoms with Gasteiger partial charge in [-0.1, -0.05) is 0 Å². The average Bonchev–Trinajstić information content (AvgIpc) is 2.97. The molecule has 6 nitrogen and oxygen atoms in total. The summed E-state index contributed by atoms with van der Waals surface area (Å²) in [5, 5.41) is 8.46. The number of ether oxygens (including phenoxy) is 3. The van der Waals surface area contributed by atoms with E-state index in [9.17, 15) is 9.59 Å². The highest BCUT2D eigenvalue weighted by Gasteiger charge is 2.37. The molecule has 16 heavy (non-hydrogen) atoms. The first-order valence-corrected chi connectivity index (χ1v) is 5.05. The Bertz CT molecular complexity index is 268. The zero-order chi connectivity index (χ0) is 12.2. The van der Waals surface area contributed by atoms with E-state index in [2.05, 4.69) is 4.74 Å². The molecule has 1 unspecified atom stereocenters. The molecule has 1 aliphatic heterocycles. The van der Waals surface area contributed by atoms with Crippen molar-refractivity contribution in [2.75, 3.05) is 19.8 Å². The van der Waals surface area contributed by atoms with Gasteiger partial charge in [0.25, 0.3) is 0 Å². The van der Waals surface area contributed by atoms with Crippen LogP contribution in [0.15, 0.2) is 0 Å². The van der Waals surface area contributed by atoms with Crippen LogP contribution in [0.2, 0.25) is 0 Å². The van der Waals surface area contributed by atoms with Crippen molar-refractivity contribution in [2.24, 2.45) is 5.41 Å². The summed E-state index contributed by atoms with van der Waals surface area (Å²) in [6, 6.07) is 0. The lowest BCUT2D eigenvalue weighted by molar-refractivity contribution is -0.164. The summed E-state index contributed by atoms with van der Waals surface area (Å²) < 4.78 is 14.3. The maximum Gasteiger partial charge on any atom is 0.314 e. The lowest BCUT2D eigenvalue weighted by atomic mass is 9.89. The third-order valence-corrected chi connectivity index (χ3v) is 2.03. The van der Waals surface area contributed by atoms with Gasteiger partial charge in [-0.3, -0.25) is 9.59 Å². The maximum absolute atomic E-state index is 11.6. The minimum atomic E-state index is -0.946. The van der Waals surface area contributed by atoms with Crippen LogP contribution in [0.5, 0.6) is 0 Å². The zero-order valence-corrected chi connectivity index (χ0v) is 9.39. The van der Waals surface area contributed by atoms with E-state index in [1.165, 1.54) is 0 Å². The number of esters is 2. The fourth-order valence-corrected chi connectivity index (χ4v) is 1.03. The van der Waals surface area contributed by atoms with E-state index in [-0.39, 0.29) is 19.6 Å². The first-order valence-electron chi connectivity index (χ1n) is 5.05. The lowest BCUT2D eigenvalue weighted by Crippen LogP contribution is -2.31. The molecule has 0 spiro atoms. The number of carbonyl (C=O) groups is 2. The quantitative estimate of drug-likeness (QED) is 0.506. The predicted molar refractivity (Wildman–Crippen MR) is 52.3 cm³/mol. The smallest absolute Gasteiger partial charge is 0.314 e. The Balaban J connectivity index is 2.35. The van der Waals surface area contributed by atoms with Gasteiger partial charge in [0, 0.05) is 0 Å². The molecule has 1 atom stereocenters. The van der Waals surface area contributed by atoms with E-state index < -0.39 is 23.6 Å². The topological polar surface area (TPSA) is 85.4 Å². The predicted octanol–water partition coefficient (Wildman–Crippen LogP) is -0.162. The molecule has 0 bridgehead atoms. The molecule has 1 heterocycles. The van der Waals surface area contributed by atoms with Crippen LogP contribution in [0.3, 0.4) is 0 Å². The van der Waals surface area contributed by atoms with Crippen molar-refractivity contribution in [1.29, 1.82) is 0 Å². The van der Waals surface area contributed by atoms with Gasteiger partial charge in [0.05, 0.1) is 18.4 Å². The molecule has 0 radical (unpaired) electrons. The molecule has 1 N–H and O–H groups in total. The highest BCUT2D eigenvalue weighted by atomic mass is 16.8. The van der Waals surface area contributed by atoms with E-state index in [4.69, 9.17) is 14.6 Å². The molecule has 1 aliphatic rings. The van der Waals surface area contributed by atoms with Crippen LogP contribution in [-0.4, -0.2) is 43.2 Å². The van der Waals surface area contributed by atoms with Crippen LogP contribution in [0.1, 0.15) is 20.3 Å². The number of aliphatic hydroxyl groups excluding tert-OH is 1. The van der Waals surface area contributed by atoms with Crippen molar-refractivity contribution < 1.29 is 28.9 Å². The van der Waals surface area contributed by atoms with E-state index in [1.54, 1.807) is 13.8 Å². The second kappa shape index (κ2) is 5.27. The molecule has 1 fully saturated rings. The molecule has 0 aromatic rings. The molecule has 0 aliphatic carbocycles. The largest absolute Gasteiger partial charge is 0.463 e. The molecule has 0 amide bonds. The van der Waals surface area contributed by atoms with Crippen molar-refractivity contribution in [3.63, 3.8) is 0 Å². The number of epoxide rings is 1. The first-order chi connectivity index (χ1) is 7.45. The zero-order valence-electron chi connectivity index (χ0n) is 9.39. The molecule has 1 rings (SSSR count). The normalized spacial score (nSPS) is 19.1. The summed E-state index contributed by atoms with van der Waals surface area (Å²) in [6.07, 6.45) is -0.543. The van der Waals surface area contributed by atoms with Crippen LogP contribution in [0.25, 0.3) is 0 Å². The molecule has 6 heteroatoms. The van der Waals surface area contributed by atoms with Gasteiger partial charge in [-0.15, -0.1) is 0 Å². The van der Waals surface area contributed by atoms with Gasteiger partial charge in [-0.2, -0.15) is 0 Å². The fourth-order valence-electron chi connectivity index (χ4n) is 1.03. The van der Waals surface area contributed by atoms with Crippen molar-refractivity contribution in [1.82, 2.24) is 0 Å². The summed E-state index contributed by atoms with van der Waals surface area (Å²) in [7, 11) is 0. The second-order valence-corrected chi connectivity index (χ2v) is 4.17. The highest BCUT2D eigenvalue weighted by Crippen LogP contribution is 2.25. The third-order valence-electron chi connectivity index (χ3n) is 2.03. The Morgan fingerprint density at radius 2 is 2.12 bits per heavy atom. The molecule has 92 valence electrons. The maximum atomic E-state index is 11.6. The third kappa shape index (κ3) is 4.16. The minimum Gasteiger partial charge on any atom is -0.463 e. The fraction of sp³-hybridized carbons (Fsp3) is 0.800. The average molecular weight is 232 g/mol. The second-order valence-electron chi connectivity index (χ2n) is 4.17. The number of carbonyl (C=O) groups excluding carboxylic acids is 2. The SMILES string of the molecule is CC(C)(CC(=O)OCCO)C(=O)OC1CO1. The Kier molecular flexibility index (Phi) is 4.26. The van der Waals surface area contributed by atoms with Crippen LogP contribution in [0.4, 0.5) is 0 Å². The Morgan fingerprint density at radius 1 is 1.50 bits per heavy atom. The number of hydrogen-bond donors (Lipinski definition) is 1. The summed E-state index contributed by atoms with van der Waals surface area (Å²) in [4.78, 5) is 22.8. The number of rotatable bonds is 6. The molecular formula is C10H16O6. The Morgan fingerprint density at radius 3 is 2.62 bits per heavy atom. The van der Waals surface area contributed by atoms with E-state index >= 15 is 0 Å². The summed E-state index contributed by atoms with van der Waals surface area (Å²) in [5.41, 5.74) is -0.946. The molecule has 0 aromatic heterocycles. The molecule has 0 saturated carbocycles. The van der Waals surface area contributed by atoms with Crippen LogP contribution in [-0.2, 0) is 23.8 Å². The van der Waals surface area contributed by atoms with E-state index in [0.29, 0.717) is 6.61 Å². The van der Waals surface area contributed by atoms with Gasteiger partial charge in [0.1, 0.15) is 13.2 Å². The first kappa shape index (κ1) is 12.9. The standard InChI is InChI=1S/C10H16O6/c1-10(2,5-7(12)14-4-3-11)9(13)16-8-6-15-8/h8,11H,3-6H2,1-2H3. The van der Waals surface area contributed by atoms with Gasteiger partial charge < -0.3 is 19.3 Å². The minimum absolute atomic E-state index is 0.0598. The Hall–Kier alpha value is -1.14. The van der Waals surface area contributed by atoms with Gasteiger partial charge in [-0.05, 0) is 13.8 Å². The van der Waals surface area contributed by atoms with Gasteiger partial charge >= 0.3 is 11.9 Å². The van der Waals surface area contributed by atoms with Crippen molar-refractivity contribution in [2.45, 2.75) is 26.6 Å². The van der Waals surface area contributed by atoms with Crippen LogP contribution >= 0.6 is 0 Å². The lowest BCUT2D eigenvalue weighted by Gasteiger charge is -2.20. The molecular weight excluding hydrogens is 216 g/mol. The van der Waals surface area contributed by atoms with Crippen molar-refractivity contribution >= 4 is 11.9 Å². The summed E-state index contributed by atoms with van der Waals surface area (Å²) in [6.45, 7) is 3.31. The van der Waals surface area contributed by atoms with Gasteiger partial charge in [-0.25, -0.2) is 0 Å². The number of hydrogen-bond acceptors (Lipinski definition) is 6. The monoisotopic (exact) mass is 232 g/mol. The van der Waals surface area contributed by atoms with Crippen LogP contribution < -0.4 is 0 Å². The molecule has 0 aromatic carbocycles. The van der Waals surface area contributed by atoms with Crippen molar-refractivity contribution in [3.05, 3.63) is 0 Å². The summed E-state index contributed by atoms with van der Waals surface area (Å²) >= 11 is 0. The van der Waals surface area contributed by atoms with Gasteiger partial charge in [0.2, 0.25) is 6.29 Å². The van der Waals surface area contributed by atoms with Crippen molar-refractivity contribution in [3.8, 4) is 0 Å². The van der Waals surface area contributed by atoms with E-state index in [0.717, 1.165) is 0 Å². The summed E-state index contributed by atoms with van der Waals surface area (Å²) in [5.74, 6) is -1.02. The number of aliphatic hydroxyl groups is 1. The van der Waals surface area contributed by atoms with Crippen LogP contribution in [0, 0.1) is 5.41 Å².